The molecule has 21 heavy (non-hydrogen) atoms. The molecule has 1 saturated carbocycles. The van der Waals surface area contributed by atoms with Crippen molar-refractivity contribution >= 4 is 5.82 Å². The zero-order chi connectivity index (χ0) is 15.0. The first-order chi connectivity index (χ1) is 9.99. The third kappa shape index (κ3) is 2.84. The highest BCUT2D eigenvalue weighted by atomic mass is 19.4. The first kappa shape index (κ1) is 13.9. The summed E-state index contributed by atoms with van der Waals surface area (Å²) in [5.74, 6) is 1.01. The van der Waals surface area contributed by atoms with Crippen molar-refractivity contribution in [3.05, 3.63) is 41.6 Å². The van der Waals surface area contributed by atoms with Crippen molar-refractivity contribution in [2.45, 2.75) is 24.9 Å². The molecule has 1 aliphatic rings. The minimum absolute atomic E-state index is 0.0176. The number of benzene rings is 1. The zero-order valence-corrected chi connectivity index (χ0v) is 11.4. The van der Waals surface area contributed by atoms with Gasteiger partial charge in [-0.15, -0.1) is 0 Å². The maximum absolute atomic E-state index is 13.1. The molecule has 0 radical (unpaired) electrons. The maximum atomic E-state index is 13.1. The van der Waals surface area contributed by atoms with Gasteiger partial charge in [0.1, 0.15) is 5.82 Å². The zero-order valence-electron chi connectivity index (χ0n) is 11.4. The molecule has 110 valence electrons. The van der Waals surface area contributed by atoms with Crippen LogP contribution in [0, 0.1) is 0 Å². The summed E-state index contributed by atoms with van der Waals surface area (Å²) in [6.45, 7) is 0. The van der Waals surface area contributed by atoms with Crippen LogP contribution < -0.4 is 5.32 Å². The number of hydrogen-bond donors (Lipinski definition) is 1. The Morgan fingerprint density at radius 1 is 1.14 bits per heavy atom. The molecule has 1 aromatic carbocycles. The number of aromatic nitrogens is 2. The van der Waals surface area contributed by atoms with Gasteiger partial charge in [0.05, 0.1) is 5.56 Å². The Bertz CT molecular complexity index is 663. The molecule has 1 heterocycles. The van der Waals surface area contributed by atoms with E-state index in [0.29, 0.717) is 11.7 Å². The molecule has 0 amide bonds. The van der Waals surface area contributed by atoms with Crippen molar-refractivity contribution in [1.82, 2.24) is 9.97 Å². The lowest BCUT2D eigenvalue weighted by molar-refractivity contribution is -0.137. The van der Waals surface area contributed by atoms with Crippen LogP contribution in [0.5, 0.6) is 0 Å². The molecule has 0 spiro atoms. The summed E-state index contributed by atoms with van der Waals surface area (Å²) in [6.07, 6.45) is -2.36. The van der Waals surface area contributed by atoms with E-state index < -0.39 is 11.7 Å². The number of nitrogens with zero attached hydrogens (tertiary/aromatic N) is 2. The van der Waals surface area contributed by atoms with Gasteiger partial charge in [-0.25, -0.2) is 9.97 Å². The van der Waals surface area contributed by atoms with E-state index in [4.69, 9.17) is 0 Å². The molecule has 0 unspecified atom stereocenters. The normalized spacial score (nSPS) is 15.0. The smallest absolute Gasteiger partial charge is 0.373 e. The van der Waals surface area contributed by atoms with Gasteiger partial charge in [-0.3, -0.25) is 0 Å². The molecular weight excluding hydrogens is 279 g/mol. The van der Waals surface area contributed by atoms with E-state index in [1.54, 1.807) is 19.2 Å². The lowest BCUT2D eigenvalue weighted by atomic mass is 10.1. The Kier molecular flexibility index (Phi) is 3.31. The van der Waals surface area contributed by atoms with Crippen LogP contribution in [-0.4, -0.2) is 17.0 Å². The lowest BCUT2D eigenvalue weighted by Crippen LogP contribution is -2.09. The van der Waals surface area contributed by atoms with E-state index in [2.05, 4.69) is 15.3 Å². The third-order valence-electron chi connectivity index (χ3n) is 3.47. The van der Waals surface area contributed by atoms with E-state index in [-0.39, 0.29) is 11.4 Å². The van der Waals surface area contributed by atoms with Gasteiger partial charge in [0.2, 0.25) is 0 Å². The number of anilines is 1. The quantitative estimate of drug-likeness (QED) is 0.926. The SMILES string of the molecule is CNc1cc(C2CC2)nc(-c2ccccc2C(F)(F)F)n1. The maximum Gasteiger partial charge on any atom is 0.417 e. The van der Waals surface area contributed by atoms with Crippen LogP contribution >= 0.6 is 0 Å². The van der Waals surface area contributed by atoms with Crippen molar-refractivity contribution in [1.29, 1.82) is 0 Å². The molecule has 0 aliphatic heterocycles. The molecule has 1 N–H and O–H groups in total. The Morgan fingerprint density at radius 3 is 2.48 bits per heavy atom. The summed E-state index contributed by atoms with van der Waals surface area (Å²) in [6, 6.07) is 7.21. The molecule has 6 heteroatoms. The molecule has 1 aromatic heterocycles. The second-order valence-corrected chi connectivity index (χ2v) is 5.07. The second-order valence-electron chi connectivity index (χ2n) is 5.07. The van der Waals surface area contributed by atoms with Gasteiger partial charge in [-0.05, 0) is 18.9 Å². The first-order valence-corrected chi connectivity index (χ1v) is 6.72. The summed E-state index contributed by atoms with van der Waals surface area (Å²) >= 11 is 0. The number of rotatable bonds is 3. The van der Waals surface area contributed by atoms with Crippen LogP contribution in [-0.2, 0) is 6.18 Å². The molecule has 3 nitrogen and oxygen atoms in total. The Balaban J connectivity index is 2.14. The highest BCUT2D eigenvalue weighted by Crippen LogP contribution is 2.41. The monoisotopic (exact) mass is 293 g/mol. The molecular formula is C15H14F3N3. The minimum atomic E-state index is -4.42. The predicted octanol–water partition coefficient (Wildman–Crippen LogP) is 4.08. The Labute approximate surface area is 120 Å². The van der Waals surface area contributed by atoms with Gasteiger partial charge in [0.25, 0.3) is 0 Å². The van der Waals surface area contributed by atoms with E-state index in [1.807, 2.05) is 0 Å². The summed E-state index contributed by atoms with van der Waals surface area (Å²) < 4.78 is 39.4. The number of alkyl halides is 3. The van der Waals surface area contributed by atoms with Gasteiger partial charge in [-0.1, -0.05) is 18.2 Å². The van der Waals surface area contributed by atoms with E-state index in [1.165, 1.54) is 12.1 Å². The van der Waals surface area contributed by atoms with E-state index >= 15 is 0 Å². The van der Waals surface area contributed by atoms with Crippen molar-refractivity contribution < 1.29 is 13.2 Å². The lowest BCUT2D eigenvalue weighted by Gasteiger charge is -2.13. The van der Waals surface area contributed by atoms with Crippen LogP contribution in [0.4, 0.5) is 19.0 Å². The van der Waals surface area contributed by atoms with Crippen molar-refractivity contribution in [3.63, 3.8) is 0 Å². The van der Waals surface area contributed by atoms with Crippen LogP contribution in [0.1, 0.15) is 30.0 Å². The van der Waals surface area contributed by atoms with Crippen LogP contribution in [0.25, 0.3) is 11.4 Å². The average molecular weight is 293 g/mol. The van der Waals surface area contributed by atoms with Crippen molar-refractivity contribution in [2.24, 2.45) is 0 Å². The van der Waals surface area contributed by atoms with Gasteiger partial charge in [-0.2, -0.15) is 13.2 Å². The fraction of sp³-hybridized carbons (Fsp3) is 0.333. The fourth-order valence-corrected chi connectivity index (χ4v) is 2.23. The second kappa shape index (κ2) is 5.02. The third-order valence-corrected chi connectivity index (χ3v) is 3.47. The van der Waals surface area contributed by atoms with Gasteiger partial charge < -0.3 is 5.32 Å². The molecule has 1 fully saturated rings. The standard InChI is InChI=1S/C15H14F3N3/c1-19-13-8-12(9-6-7-9)20-14(21-13)10-4-2-3-5-11(10)15(16,17)18/h2-5,8-9H,6-7H2,1H3,(H,19,20,21). The molecule has 2 aromatic rings. The predicted molar refractivity (Wildman–Crippen MR) is 74.0 cm³/mol. The van der Waals surface area contributed by atoms with Crippen LogP contribution in [0.15, 0.2) is 30.3 Å². The van der Waals surface area contributed by atoms with E-state index in [0.717, 1.165) is 24.6 Å². The molecule has 0 bridgehead atoms. The first-order valence-electron chi connectivity index (χ1n) is 6.72. The van der Waals surface area contributed by atoms with Crippen LogP contribution in [0.3, 0.4) is 0 Å². The summed E-state index contributed by atoms with van der Waals surface area (Å²) in [5.41, 5.74) is 0.116. The summed E-state index contributed by atoms with van der Waals surface area (Å²) in [5, 5.41) is 2.89. The number of halogens is 3. The van der Waals surface area contributed by atoms with E-state index in [9.17, 15) is 13.2 Å². The van der Waals surface area contributed by atoms with Crippen molar-refractivity contribution in [3.8, 4) is 11.4 Å². The topological polar surface area (TPSA) is 37.8 Å². The van der Waals surface area contributed by atoms with Gasteiger partial charge in [0, 0.05) is 30.3 Å². The highest BCUT2D eigenvalue weighted by molar-refractivity contribution is 5.63. The minimum Gasteiger partial charge on any atom is -0.373 e. The largest absolute Gasteiger partial charge is 0.417 e. The van der Waals surface area contributed by atoms with Crippen molar-refractivity contribution in [2.75, 3.05) is 12.4 Å². The number of nitrogens with one attached hydrogen (secondary N) is 1. The number of hydrogen-bond acceptors (Lipinski definition) is 3. The molecule has 1 aliphatic carbocycles. The molecule has 0 atom stereocenters. The average Bonchev–Trinajstić information content (AvgIpc) is 3.30. The summed E-state index contributed by atoms with van der Waals surface area (Å²) in [4.78, 5) is 8.52. The molecule has 3 rings (SSSR count). The highest BCUT2D eigenvalue weighted by Gasteiger charge is 2.34. The molecule has 0 saturated heterocycles. The fourth-order valence-electron chi connectivity index (χ4n) is 2.23. The van der Waals surface area contributed by atoms with Gasteiger partial charge in [0.15, 0.2) is 5.82 Å². The van der Waals surface area contributed by atoms with Crippen LogP contribution in [0.2, 0.25) is 0 Å². The Hall–Kier alpha value is -2.11. The summed E-state index contributed by atoms with van der Waals surface area (Å²) in [7, 11) is 1.69. The Morgan fingerprint density at radius 2 is 1.86 bits per heavy atom. The van der Waals surface area contributed by atoms with Gasteiger partial charge >= 0.3 is 6.18 Å².